The standard InChI is InChI=1S/C52H57N9O6S2/c1-27-30(4)69-51-43(27)44(55-39(24-42(63)64)47-58-57-31(5)61(47)51)33-15-18-37(19-16-33)59-21-9-10-35-22-36(17-20-40(35)59)48(65)56-46(52(6,7)8)50(67)60-25-38(62)23-41(60)49(66)54-28(2)32-11-13-34(14-12-32)45-29(3)53-26-68-45/h11-20,22,26,28,38-39,41,46,62H,9-10,21,23-25H2,1-8H3,(H,54,66)(H,56,65)(H,63,64)/t28-,38+,39-,41-,46+/m0/s1. The van der Waals surface area contributed by atoms with E-state index in [1.807, 2.05) is 100 Å². The number of amides is 3. The molecule has 5 atom stereocenters. The minimum atomic E-state index is -0.992. The van der Waals surface area contributed by atoms with Crippen molar-refractivity contribution < 1.29 is 29.4 Å². The van der Waals surface area contributed by atoms with Crippen LogP contribution in [-0.2, 0) is 20.8 Å². The Morgan fingerprint density at radius 1 is 0.928 bits per heavy atom. The molecule has 358 valence electrons. The third kappa shape index (κ3) is 9.22. The van der Waals surface area contributed by atoms with Crippen molar-refractivity contribution in [3.63, 3.8) is 0 Å². The molecular weight excluding hydrogens is 911 g/mol. The number of aliphatic carboxylic acids is 1. The Morgan fingerprint density at radius 3 is 2.33 bits per heavy atom. The summed E-state index contributed by atoms with van der Waals surface area (Å²) in [5.74, 6) is -0.993. The van der Waals surface area contributed by atoms with E-state index in [2.05, 4.69) is 56.7 Å². The van der Waals surface area contributed by atoms with Gasteiger partial charge in [-0.2, -0.15) is 0 Å². The molecule has 0 aliphatic carbocycles. The number of thiazole rings is 1. The third-order valence-corrected chi connectivity index (χ3v) is 15.7. The average molecular weight is 968 g/mol. The zero-order valence-electron chi connectivity index (χ0n) is 40.0. The second-order valence-corrected chi connectivity index (χ2v) is 21.5. The van der Waals surface area contributed by atoms with Crippen molar-refractivity contribution in [1.29, 1.82) is 0 Å². The van der Waals surface area contributed by atoms with Crippen LogP contribution in [0.25, 0.3) is 15.4 Å². The Balaban J connectivity index is 0.908. The number of aliphatic hydroxyl groups is 1. The highest BCUT2D eigenvalue weighted by molar-refractivity contribution is 7.15. The van der Waals surface area contributed by atoms with Gasteiger partial charge >= 0.3 is 5.97 Å². The van der Waals surface area contributed by atoms with Crippen molar-refractivity contribution in [2.24, 2.45) is 10.4 Å². The van der Waals surface area contributed by atoms with Gasteiger partial charge in [-0.3, -0.25) is 28.7 Å². The van der Waals surface area contributed by atoms with Crippen LogP contribution in [-0.4, -0.2) is 95.5 Å². The molecule has 4 N–H and O–H groups in total. The molecular formula is C52H57N9O6S2. The number of carboxylic acid groups (broad SMARTS) is 1. The number of carbonyl (C=O) groups excluding carboxylic acids is 3. The average Bonchev–Trinajstić information content (AvgIpc) is 4.09. The zero-order chi connectivity index (χ0) is 49.1. The number of aliphatic hydroxyl groups excluding tert-OH is 1. The highest BCUT2D eigenvalue weighted by Crippen LogP contribution is 2.41. The number of aryl methyl sites for hydroxylation is 4. The van der Waals surface area contributed by atoms with Crippen LogP contribution in [0.2, 0.25) is 0 Å². The van der Waals surface area contributed by atoms with Gasteiger partial charge < -0.3 is 30.6 Å². The molecule has 1 fully saturated rings. The second kappa shape index (κ2) is 18.7. The fourth-order valence-corrected chi connectivity index (χ4v) is 11.8. The van der Waals surface area contributed by atoms with Gasteiger partial charge in [-0.15, -0.1) is 32.9 Å². The molecule has 15 nitrogen and oxygen atoms in total. The normalized spacial score (nSPS) is 18.6. The summed E-state index contributed by atoms with van der Waals surface area (Å²) in [7, 11) is 0. The van der Waals surface area contributed by atoms with Crippen LogP contribution in [0.3, 0.4) is 0 Å². The monoisotopic (exact) mass is 967 g/mol. The summed E-state index contributed by atoms with van der Waals surface area (Å²) < 4.78 is 1.95. The first-order chi connectivity index (χ1) is 32.9. The first-order valence-electron chi connectivity index (χ1n) is 23.3. The molecule has 17 heteroatoms. The van der Waals surface area contributed by atoms with E-state index in [1.54, 1.807) is 28.7 Å². The summed E-state index contributed by atoms with van der Waals surface area (Å²) in [4.78, 5) is 69.9. The van der Waals surface area contributed by atoms with E-state index in [0.29, 0.717) is 22.9 Å². The maximum Gasteiger partial charge on any atom is 0.306 e. The summed E-state index contributed by atoms with van der Waals surface area (Å²) in [6, 6.07) is 18.7. The van der Waals surface area contributed by atoms with Gasteiger partial charge in [0.2, 0.25) is 11.8 Å². The highest BCUT2D eigenvalue weighted by Gasteiger charge is 2.45. The van der Waals surface area contributed by atoms with Crippen LogP contribution >= 0.6 is 22.7 Å². The van der Waals surface area contributed by atoms with Crippen molar-refractivity contribution in [2.45, 2.75) is 111 Å². The molecule has 0 saturated carbocycles. The predicted molar refractivity (Wildman–Crippen MR) is 268 cm³/mol. The van der Waals surface area contributed by atoms with E-state index in [4.69, 9.17) is 4.99 Å². The number of hydrogen-bond acceptors (Lipinski definition) is 12. The molecule has 9 rings (SSSR count). The molecule has 1 saturated heterocycles. The number of carbonyl (C=O) groups is 4. The molecule has 6 aromatic rings. The van der Waals surface area contributed by atoms with Gasteiger partial charge in [-0.05, 0) is 105 Å². The molecule has 3 aliphatic heterocycles. The van der Waals surface area contributed by atoms with Crippen molar-refractivity contribution >= 4 is 63.5 Å². The maximum atomic E-state index is 14.5. The summed E-state index contributed by atoms with van der Waals surface area (Å²) in [6.45, 7) is 16.2. The minimum absolute atomic E-state index is 0.0244. The van der Waals surface area contributed by atoms with Crippen molar-refractivity contribution in [2.75, 3.05) is 18.0 Å². The number of thiophene rings is 1. The fraction of sp³-hybridized carbons (Fsp3) is 0.385. The van der Waals surface area contributed by atoms with Crippen LogP contribution in [0.15, 0.2) is 77.2 Å². The molecule has 3 aliphatic rings. The van der Waals surface area contributed by atoms with Gasteiger partial charge in [0.15, 0.2) is 5.82 Å². The summed E-state index contributed by atoms with van der Waals surface area (Å²) in [5, 5.41) is 36.4. The smallest absolute Gasteiger partial charge is 0.306 e. The topological polar surface area (TPSA) is 195 Å². The van der Waals surface area contributed by atoms with E-state index in [1.165, 1.54) is 4.90 Å². The van der Waals surface area contributed by atoms with Crippen LogP contribution in [0.5, 0.6) is 0 Å². The second-order valence-electron chi connectivity index (χ2n) is 19.4. The van der Waals surface area contributed by atoms with E-state index in [9.17, 15) is 29.4 Å². The lowest BCUT2D eigenvalue weighted by Gasteiger charge is -2.36. The SMILES string of the molecule is Cc1ncsc1-c1ccc([C@H](C)NC(=O)[C@@H]2C[C@@H](O)CN2C(=O)[C@@H](NC(=O)c2ccc3c(c2)CCCN3c2ccc(C3=N[C@@H](CC(=O)O)c4nnc(C)n4-c4sc(C)c(C)c43)cc2)C(C)(C)C)cc1. The number of rotatable bonds is 11. The van der Waals surface area contributed by atoms with Gasteiger partial charge in [-0.1, -0.05) is 57.2 Å². The number of benzene rings is 3. The third-order valence-electron chi connectivity index (χ3n) is 13.6. The van der Waals surface area contributed by atoms with Crippen molar-refractivity contribution in [3.05, 3.63) is 128 Å². The molecule has 0 unspecified atom stereocenters. The number of likely N-dealkylation sites (tertiary alicyclic amines) is 1. The Labute approximate surface area is 409 Å². The number of aromatic nitrogens is 4. The van der Waals surface area contributed by atoms with Crippen LogP contribution < -0.4 is 15.5 Å². The molecule has 6 heterocycles. The van der Waals surface area contributed by atoms with E-state index < -0.39 is 47.4 Å². The Kier molecular flexibility index (Phi) is 12.9. The molecule has 0 radical (unpaired) electrons. The van der Waals surface area contributed by atoms with Crippen molar-refractivity contribution in [3.8, 4) is 15.4 Å². The zero-order valence-corrected chi connectivity index (χ0v) is 41.7. The number of nitrogens with zero attached hydrogens (tertiary/aromatic N) is 7. The number of fused-ring (bicyclic) bond motifs is 4. The van der Waals surface area contributed by atoms with Crippen molar-refractivity contribution in [1.82, 2.24) is 35.3 Å². The summed E-state index contributed by atoms with van der Waals surface area (Å²) in [5.41, 5.74) is 10.9. The molecule has 3 amide bonds. The fourth-order valence-electron chi connectivity index (χ4n) is 9.73. The largest absolute Gasteiger partial charge is 0.481 e. The Bertz CT molecular complexity index is 3000. The van der Waals surface area contributed by atoms with E-state index in [-0.39, 0.29) is 31.3 Å². The number of aliphatic imine (C=N–C) groups is 1. The van der Waals surface area contributed by atoms with Crippen LogP contribution in [0.4, 0.5) is 11.4 Å². The number of hydrogen-bond donors (Lipinski definition) is 4. The lowest BCUT2D eigenvalue weighted by atomic mass is 9.85. The van der Waals surface area contributed by atoms with Gasteiger partial charge in [0.05, 0.1) is 40.4 Å². The van der Waals surface area contributed by atoms with Crippen LogP contribution in [0, 0.1) is 33.1 Å². The van der Waals surface area contributed by atoms with Gasteiger partial charge in [0.25, 0.3) is 5.91 Å². The summed E-state index contributed by atoms with van der Waals surface area (Å²) in [6.07, 6.45) is 0.574. The van der Waals surface area contributed by atoms with Gasteiger partial charge in [0, 0.05) is 52.5 Å². The molecule has 3 aromatic heterocycles. The first-order valence-corrected chi connectivity index (χ1v) is 25.0. The Hall–Kier alpha value is -6.56. The quantitative estimate of drug-likeness (QED) is 0.0985. The van der Waals surface area contributed by atoms with E-state index in [0.717, 1.165) is 84.6 Å². The first kappa shape index (κ1) is 47.5. The number of carboxylic acids is 1. The molecule has 3 aromatic carbocycles. The Morgan fingerprint density at radius 2 is 1.65 bits per heavy atom. The summed E-state index contributed by atoms with van der Waals surface area (Å²) >= 11 is 3.20. The van der Waals surface area contributed by atoms with Gasteiger partial charge in [0.1, 0.15) is 29.0 Å². The number of nitrogens with one attached hydrogen (secondary N) is 2. The number of β-amino-alcohol motifs (C(OH)–C–C–N with tert-alkyl or cyclic N) is 1. The molecule has 69 heavy (non-hydrogen) atoms. The molecule has 0 spiro atoms. The highest BCUT2D eigenvalue weighted by atomic mass is 32.1. The van der Waals surface area contributed by atoms with E-state index >= 15 is 0 Å². The predicted octanol–water partition coefficient (Wildman–Crippen LogP) is 8.12. The maximum absolute atomic E-state index is 14.5. The lowest BCUT2D eigenvalue weighted by Crippen LogP contribution is -2.57. The van der Waals surface area contributed by atoms with Gasteiger partial charge in [-0.25, -0.2) is 4.98 Å². The molecule has 0 bridgehead atoms. The minimum Gasteiger partial charge on any atom is -0.481 e. The lowest BCUT2D eigenvalue weighted by molar-refractivity contribution is -0.142. The number of anilines is 2. The van der Waals surface area contributed by atoms with Crippen LogP contribution in [0.1, 0.15) is 119 Å².